The number of piperidine rings is 1. The van der Waals surface area contributed by atoms with Gasteiger partial charge in [-0.15, -0.1) is 0 Å². The molecular weight excluding hydrogens is 276 g/mol. The van der Waals surface area contributed by atoms with Gasteiger partial charge >= 0.3 is 0 Å². The zero-order valence-electron chi connectivity index (χ0n) is 11.7. The highest BCUT2D eigenvalue weighted by atomic mass is 32.2. The quantitative estimate of drug-likeness (QED) is 0.830. The molecule has 2 rings (SSSR count). The Hall–Kier alpha value is -1.02. The zero-order valence-corrected chi connectivity index (χ0v) is 12.6. The number of nitrogens with zero attached hydrogens (tertiary/aromatic N) is 2. The maximum Gasteiger partial charge on any atom is 0.280 e. The van der Waals surface area contributed by atoms with Crippen molar-refractivity contribution in [3.63, 3.8) is 0 Å². The van der Waals surface area contributed by atoms with Gasteiger partial charge in [0.05, 0.1) is 12.2 Å². The van der Waals surface area contributed by atoms with Crippen molar-refractivity contribution in [2.75, 3.05) is 13.1 Å². The highest BCUT2D eigenvalue weighted by molar-refractivity contribution is 7.87. The minimum absolute atomic E-state index is 0.0910. The van der Waals surface area contributed by atoms with E-state index in [4.69, 9.17) is 5.73 Å². The van der Waals surface area contributed by atoms with Crippen LogP contribution in [0.4, 0.5) is 0 Å². The Morgan fingerprint density at radius 2 is 2.25 bits per heavy atom. The van der Waals surface area contributed by atoms with Gasteiger partial charge in [0.15, 0.2) is 0 Å². The van der Waals surface area contributed by atoms with Crippen LogP contribution in [0.25, 0.3) is 0 Å². The number of rotatable bonds is 5. The molecule has 2 heterocycles. The van der Waals surface area contributed by atoms with E-state index < -0.39 is 10.2 Å². The SMILES string of the molecule is Cc1cccc(CNS(=O)(=O)N2CCCCC2CN)n1. The van der Waals surface area contributed by atoms with E-state index >= 15 is 0 Å². The fraction of sp³-hybridized carbons (Fsp3) is 0.615. The predicted octanol–water partition coefficient (Wildman–Crippen LogP) is 0.538. The van der Waals surface area contributed by atoms with Crippen LogP contribution in [0.15, 0.2) is 18.2 Å². The largest absolute Gasteiger partial charge is 0.329 e. The third-order valence-electron chi connectivity index (χ3n) is 3.54. The zero-order chi connectivity index (χ0) is 14.6. The van der Waals surface area contributed by atoms with Crippen molar-refractivity contribution >= 4 is 10.2 Å². The molecule has 0 spiro atoms. The summed E-state index contributed by atoms with van der Waals surface area (Å²) in [4.78, 5) is 4.29. The summed E-state index contributed by atoms with van der Waals surface area (Å²) in [5, 5.41) is 0. The van der Waals surface area contributed by atoms with Crippen molar-refractivity contribution in [3.8, 4) is 0 Å². The number of hydrogen-bond donors (Lipinski definition) is 2. The minimum Gasteiger partial charge on any atom is -0.329 e. The van der Waals surface area contributed by atoms with Gasteiger partial charge in [-0.25, -0.2) is 0 Å². The van der Waals surface area contributed by atoms with Gasteiger partial charge in [-0.1, -0.05) is 12.5 Å². The van der Waals surface area contributed by atoms with Gasteiger partial charge in [0.25, 0.3) is 10.2 Å². The second-order valence-corrected chi connectivity index (χ2v) is 6.80. The molecule has 0 amide bonds. The Labute approximate surface area is 120 Å². The lowest BCUT2D eigenvalue weighted by Gasteiger charge is -2.33. The number of nitrogens with one attached hydrogen (secondary N) is 1. The molecule has 1 saturated heterocycles. The molecule has 112 valence electrons. The van der Waals surface area contributed by atoms with Crippen molar-refractivity contribution in [1.82, 2.24) is 14.0 Å². The standard InChI is InChI=1S/C13H22N4O2S/c1-11-5-4-6-12(16-11)10-15-20(18,19)17-8-3-2-7-13(17)9-14/h4-6,13,15H,2-3,7-10,14H2,1H3. The summed E-state index contributed by atoms with van der Waals surface area (Å²) in [7, 11) is -3.49. The van der Waals surface area contributed by atoms with Gasteiger partial charge in [0.1, 0.15) is 0 Å². The summed E-state index contributed by atoms with van der Waals surface area (Å²) in [6, 6.07) is 5.47. The minimum atomic E-state index is -3.49. The van der Waals surface area contributed by atoms with Gasteiger partial charge in [0.2, 0.25) is 0 Å². The predicted molar refractivity (Wildman–Crippen MR) is 78.1 cm³/mol. The second-order valence-electron chi connectivity index (χ2n) is 5.09. The van der Waals surface area contributed by atoms with Crippen LogP contribution in [-0.4, -0.2) is 36.8 Å². The van der Waals surface area contributed by atoms with E-state index in [1.165, 1.54) is 4.31 Å². The molecule has 3 N–H and O–H groups in total. The number of hydrogen-bond acceptors (Lipinski definition) is 4. The lowest BCUT2D eigenvalue weighted by Crippen LogP contribution is -2.51. The lowest BCUT2D eigenvalue weighted by atomic mass is 10.1. The molecule has 1 unspecified atom stereocenters. The number of aromatic nitrogens is 1. The van der Waals surface area contributed by atoms with Crippen LogP contribution in [0.5, 0.6) is 0 Å². The number of aryl methyl sites for hydroxylation is 1. The first-order chi connectivity index (χ1) is 9.53. The Balaban J connectivity index is 2.03. The monoisotopic (exact) mass is 298 g/mol. The fourth-order valence-corrected chi connectivity index (χ4v) is 3.92. The first kappa shape index (κ1) is 15.4. The summed E-state index contributed by atoms with van der Waals surface area (Å²) in [6.07, 6.45) is 2.76. The average Bonchev–Trinajstić information content (AvgIpc) is 2.45. The van der Waals surface area contributed by atoms with Crippen molar-refractivity contribution in [1.29, 1.82) is 0 Å². The van der Waals surface area contributed by atoms with E-state index in [0.717, 1.165) is 30.7 Å². The first-order valence-electron chi connectivity index (χ1n) is 6.92. The second kappa shape index (κ2) is 6.62. The molecule has 6 nitrogen and oxygen atoms in total. The third-order valence-corrected chi connectivity index (χ3v) is 5.14. The molecule has 0 radical (unpaired) electrons. The van der Waals surface area contributed by atoms with Gasteiger partial charge in [-0.3, -0.25) is 4.98 Å². The lowest BCUT2D eigenvalue weighted by molar-refractivity contribution is 0.254. The fourth-order valence-electron chi connectivity index (χ4n) is 2.47. The molecule has 1 aliphatic rings. The van der Waals surface area contributed by atoms with Crippen molar-refractivity contribution < 1.29 is 8.42 Å². The summed E-state index contributed by atoms with van der Waals surface area (Å²) in [6.45, 7) is 2.99. The van der Waals surface area contributed by atoms with E-state index in [2.05, 4.69) is 9.71 Å². The van der Waals surface area contributed by atoms with Gasteiger partial charge in [0, 0.05) is 24.8 Å². The molecule has 1 atom stereocenters. The Morgan fingerprint density at radius 3 is 2.95 bits per heavy atom. The Morgan fingerprint density at radius 1 is 1.45 bits per heavy atom. The molecule has 1 aromatic rings. The van der Waals surface area contributed by atoms with Crippen LogP contribution in [0.3, 0.4) is 0 Å². The summed E-state index contributed by atoms with van der Waals surface area (Å²) in [5.74, 6) is 0. The van der Waals surface area contributed by atoms with Crippen molar-refractivity contribution in [3.05, 3.63) is 29.6 Å². The molecule has 20 heavy (non-hydrogen) atoms. The Bertz CT molecular complexity index is 547. The summed E-state index contributed by atoms with van der Waals surface area (Å²) >= 11 is 0. The van der Waals surface area contributed by atoms with Gasteiger partial charge in [-0.2, -0.15) is 17.4 Å². The Kier molecular flexibility index (Phi) is 5.09. The van der Waals surface area contributed by atoms with E-state index in [9.17, 15) is 8.42 Å². The van der Waals surface area contributed by atoms with E-state index in [-0.39, 0.29) is 12.6 Å². The first-order valence-corrected chi connectivity index (χ1v) is 8.36. The van der Waals surface area contributed by atoms with Crippen LogP contribution < -0.4 is 10.5 Å². The van der Waals surface area contributed by atoms with E-state index in [1.54, 1.807) is 0 Å². The number of nitrogens with two attached hydrogens (primary N) is 1. The van der Waals surface area contributed by atoms with Gasteiger partial charge < -0.3 is 5.73 Å². The highest BCUT2D eigenvalue weighted by Gasteiger charge is 2.31. The molecule has 1 aliphatic heterocycles. The molecule has 0 aliphatic carbocycles. The van der Waals surface area contributed by atoms with Crippen LogP contribution in [-0.2, 0) is 16.8 Å². The smallest absolute Gasteiger partial charge is 0.280 e. The third kappa shape index (κ3) is 3.76. The molecule has 1 aromatic heterocycles. The highest BCUT2D eigenvalue weighted by Crippen LogP contribution is 2.19. The van der Waals surface area contributed by atoms with Crippen molar-refractivity contribution in [2.24, 2.45) is 5.73 Å². The summed E-state index contributed by atoms with van der Waals surface area (Å²) in [5.41, 5.74) is 7.26. The molecule has 0 bridgehead atoms. The van der Waals surface area contributed by atoms with Crippen LogP contribution in [0.2, 0.25) is 0 Å². The normalized spacial score (nSPS) is 21.0. The molecule has 0 saturated carbocycles. The summed E-state index contributed by atoms with van der Waals surface area (Å²) < 4.78 is 28.8. The van der Waals surface area contributed by atoms with Crippen LogP contribution >= 0.6 is 0 Å². The van der Waals surface area contributed by atoms with E-state index in [0.29, 0.717) is 13.1 Å². The maximum absolute atomic E-state index is 12.3. The van der Waals surface area contributed by atoms with Crippen molar-refractivity contribution in [2.45, 2.75) is 38.8 Å². The molecule has 7 heteroatoms. The maximum atomic E-state index is 12.3. The molecular formula is C13H22N4O2S. The van der Waals surface area contributed by atoms with Gasteiger partial charge in [-0.05, 0) is 31.9 Å². The van der Waals surface area contributed by atoms with E-state index in [1.807, 2.05) is 25.1 Å². The molecule has 1 fully saturated rings. The van der Waals surface area contributed by atoms with Crippen LogP contribution in [0, 0.1) is 6.92 Å². The topological polar surface area (TPSA) is 88.3 Å². The molecule has 0 aromatic carbocycles. The van der Waals surface area contributed by atoms with Crippen LogP contribution in [0.1, 0.15) is 30.7 Å². The average molecular weight is 298 g/mol. The number of pyridine rings is 1.